The summed E-state index contributed by atoms with van der Waals surface area (Å²) >= 11 is 1.54. The lowest BCUT2D eigenvalue weighted by molar-refractivity contribution is 0.0820. The third kappa shape index (κ3) is 4.34. The summed E-state index contributed by atoms with van der Waals surface area (Å²) in [6.07, 6.45) is 2.62. The number of nitrogens with one attached hydrogen (secondary N) is 1. The van der Waals surface area contributed by atoms with Gasteiger partial charge >= 0.3 is 0 Å². The van der Waals surface area contributed by atoms with Gasteiger partial charge < -0.3 is 10.2 Å². The highest BCUT2D eigenvalue weighted by molar-refractivity contribution is 7.15. The molecule has 2 aromatic heterocycles. The van der Waals surface area contributed by atoms with E-state index in [0.29, 0.717) is 17.0 Å². The van der Waals surface area contributed by atoms with Gasteiger partial charge in [-0.15, -0.1) is 11.3 Å². The molecule has 3 aromatic rings. The standard InChI is InChI=1S/C23H23FN4O2S/c1-13-16(11-12-19(25-13)23(30)28(2)3)21(29)26-17-5-4-6-18-20(17)31-22(27-18)14-7-9-15(24)10-8-14/h7-12,17H,4-6H2,1-3H3,(H,26,29). The zero-order chi connectivity index (χ0) is 22.1. The minimum atomic E-state index is -0.280. The lowest BCUT2D eigenvalue weighted by atomic mass is 9.97. The van der Waals surface area contributed by atoms with Gasteiger partial charge in [0.05, 0.1) is 27.9 Å². The molecule has 1 aromatic carbocycles. The van der Waals surface area contributed by atoms with Crippen LogP contribution in [0.3, 0.4) is 0 Å². The van der Waals surface area contributed by atoms with E-state index < -0.39 is 0 Å². The third-order valence-electron chi connectivity index (χ3n) is 5.30. The van der Waals surface area contributed by atoms with Crippen LogP contribution in [0.1, 0.15) is 56.0 Å². The van der Waals surface area contributed by atoms with Crippen LogP contribution in [-0.2, 0) is 6.42 Å². The Morgan fingerprint density at radius 1 is 1.13 bits per heavy atom. The summed E-state index contributed by atoms with van der Waals surface area (Å²) in [6, 6.07) is 9.39. The molecule has 0 bridgehead atoms. The van der Waals surface area contributed by atoms with Crippen molar-refractivity contribution in [1.82, 2.24) is 20.2 Å². The first kappa shape index (κ1) is 21.1. The number of halogens is 1. The number of carbonyl (C=O) groups is 2. The maximum Gasteiger partial charge on any atom is 0.271 e. The average molecular weight is 439 g/mol. The van der Waals surface area contributed by atoms with Crippen molar-refractivity contribution in [1.29, 1.82) is 0 Å². The highest BCUT2D eigenvalue weighted by Gasteiger charge is 2.27. The Morgan fingerprint density at radius 2 is 1.87 bits per heavy atom. The van der Waals surface area contributed by atoms with E-state index in [2.05, 4.69) is 10.3 Å². The minimum Gasteiger partial charge on any atom is -0.344 e. The Kier molecular flexibility index (Phi) is 5.82. The van der Waals surface area contributed by atoms with Crippen molar-refractivity contribution >= 4 is 23.2 Å². The maximum atomic E-state index is 13.2. The van der Waals surface area contributed by atoms with E-state index >= 15 is 0 Å². The number of carbonyl (C=O) groups excluding carboxylic acids is 2. The van der Waals surface area contributed by atoms with Gasteiger partial charge in [-0.25, -0.2) is 14.4 Å². The Bertz CT molecular complexity index is 1140. The number of pyridine rings is 1. The van der Waals surface area contributed by atoms with Gasteiger partial charge in [0.25, 0.3) is 11.8 Å². The topological polar surface area (TPSA) is 75.2 Å². The highest BCUT2D eigenvalue weighted by atomic mass is 32.1. The van der Waals surface area contributed by atoms with Crippen molar-refractivity contribution in [2.24, 2.45) is 0 Å². The van der Waals surface area contributed by atoms with Gasteiger partial charge in [-0.05, 0) is 62.6 Å². The molecule has 6 nitrogen and oxygen atoms in total. The molecular weight excluding hydrogens is 415 g/mol. The molecule has 0 fully saturated rings. The van der Waals surface area contributed by atoms with Gasteiger partial charge in [0.2, 0.25) is 0 Å². The van der Waals surface area contributed by atoms with Crippen molar-refractivity contribution in [3.05, 3.63) is 69.7 Å². The minimum absolute atomic E-state index is 0.134. The molecule has 1 aliphatic rings. The van der Waals surface area contributed by atoms with Crippen molar-refractivity contribution in [2.45, 2.75) is 32.2 Å². The van der Waals surface area contributed by atoms with Gasteiger partial charge in [-0.2, -0.15) is 0 Å². The number of thiazole rings is 1. The fourth-order valence-electron chi connectivity index (χ4n) is 3.66. The highest BCUT2D eigenvalue weighted by Crippen LogP contribution is 2.38. The van der Waals surface area contributed by atoms with E-state index in [1.807, 2.05) is 0 Å². The number of rotatable bonds is 4. The molecule has 0 aliphatic heterocycles. The zero-order valence-corrected chi connectivity index (χ0v) is 18.4. The predicted octanol–water partition coefficient (Wildman–Crippen LogP) is 4.16. The van der Waals surface area contributed by atoms with E-state index in [0.717, 1.165) is 40.4 Å². The van der Waals surface area contributed by atoms with Crippen molar-refractivity contribution in [3.8, 4) is 10.6 Å². The second kappa shape index (κ2) is 8.55. The summed E-state index contributed by atoms with van der Waals surface area (Å²) in [5, 5.41) is 3.94. The molecular formula is C23H23FN4O2S. The van der Waals surface area contributed by atoms with Crippen LogP contribution in [0.2, 0.25) is 0 Å². The van der Waals surface area contributed by atoms with Crippen LogP contribution < -0.4 is 5.32 Å². The largest absolute Gasteiger partial charge is 0.344 e. The number of amides is 2. The molecule has 1 N–H and O–H groups in total. The molecule has 0 saturated heterocycles. The summed E-state index contributed by atoms with van der Waals surface area (Å²) in [4.78, 5) is 36.6. The third-order valence-corrected chi connectivity index (χ3v) is 6.56. The van der Waals surface area contributed by atoms with Crippen LogP contribution in [0.5, 0.6) is 0 Å². The van der Waals surface area contributed by atoms with Crippen LogP contribution in [0.4, 0.5) is 4.39 Å². The number of hydrogen-bond donors (Lipinski definition) is 1. The summed E-state index contributed by atoms with van der Waals surface area (Å²) in [5.41, 5.74) is 3.13. The quantitative estimate of drug-likeness (QED) is 0.664. The van der Waals surface area contributed by atoms with Crippen molar-refractivity contribution in [2.75, 3.05) is 14.1 Å². The fraction of sp³-hybridized carbons (Fsp3) is 0.304. The van der Waals surface area contributed by atoms with Gasteiger partial charge in [0, 0.05) is 19.7 Å². The van der Waals surface area contributed by atoms with Gasteiger partial charge in [0.15, 0.2) is 0 Å². The van der Waals surface area contributed by atoms with Crippen LogP contribution in [-0.4, -0.2) is 40.8 Å². The number of nitrogens with zero attached hydrogens (tertiary/aromatic N) is 3. The summed E-state index contributed by atoms with van der Waals surface area (Å²) < 4.78 is 13.2. The molecule has 8 heteroatoms. The number of aromatic nitrogens is 2. The smallest absolute Gasteiger partial charge is 0.271 e. The van der Waals surface area contributed by atoms with Crippen LogP contribution in [0.25, 0.3) is 10.6 Å². The number of hydrogen-bond acceptors (Lipinski definition) is 5. The summed E-state index contributed by atoms with van der Waals surface area (Å²) in [5.74, 6) is -0.703. The normalized spacial score (nSPS) is 15.3. The second-order valence-electron chi connectivity index (χ2n) is 7.78. The Morgan fingerprint density at radius 3 is 2.55 bits per heavy atom. The average Bonchev–Trinajstić information content (AvgIpc) is 3.18. The van der Waals surface area contributed by atoms with Crippen LogP contribution >= 0.6 is 11.3 Å². The molecule has 1 unspecified atom stereocenters. The number of fused-ring (bicyclic) bond motifs is 1. The molecule has 2 amide bonds. The van der Waals surface area contributed by atoms with Gasteiger partial charge in [0.1, 0.15) is 16.5 Å². The van der Waals surface area contributed by atoms with Crippen LogP contribution in [0, 0.1) is 12.7 Å². The van der Waals surface area contributed by atoms with E-state index in [-0.39, 0.29) is 23.7 Å². The molecule has 0 spiro atoms. The molecule has 160 valence electrons. The molecule has 1 atom stereocenters. The lowest BCUT2D eigenvalue weighted by Crippen LogP contribution is -2.31. The van der Waals surface area contributed by atoms with E-state index in [1.165, 1.54) is 28.4 Å². The maximum absolute atomic E-state index is 13.2. The van der Waals surface area contributed by atoms with E-state index in [1.54, 1.807) is 45.3 Å². The first-order chi connectivity index (χ1) is 14.8. The fourth-order valence-corrected chi connectivity index (χ4v) is 4.86. The molecule has 0 saturated carbocycles. The zero-order valence-electron chi connectivity index (χ0n) is 17.6. The first-order valence-electron chi connectivity index (χ1n) is 10.1. The SMILES string of the molecule is Cc1nc(C(=O)N(C)C)ccc1C(=O)NC1CCCc2nc(-c3ccc(F)cc3)sc21. The molecule has 2 heterocycles. The Hall–Kier alpha value is -3.13. The lowest BCUT2D eigenvalue weighted by Gasteiger charge is -2.22. The second-order valence-corrected chi connectivity index (χ2v) is 8.81. The molecule has 31 heavy (non-hydrogen) atoms. The Balaban J connectivity index is 1.55. The number of benzene rings is 1. The summed E-state index contributed by atoms with van der Waals surface area (Å²) in [7, 11) is 3.33. The molecule has 4 rings (SSSR count). The molecule has 1 aliphatic carbocycles. The van der Waals surface area contributed by atoms with Crippen molar-refractivity contribution < 1.29 is 14.0 Å². The van der Waals surface area contributed by atoms with Crippen molar-refractivity contribution in [3.63, 3.8) is 0 Å². The molecule has 0 radical (unpaired) electrons. The first-order valence-corrected chi connectivity index (χ1v) is 10.9. The monoisotopic (exact) mass is 438 g/mol. The predicted molar refractivity (Wildman–Crippen MR) is 118 cm³/mol. The van der Waals surface area contributed by atoms with E-state index in [9.17, 15) is 14.0 Å². The Labute approximate surface area is 184 Å². The number of aryl methyl sites for hydroxylation is 2. The van der Waals surface area contributed by atoms with Crippen LogP contribution in [0.15, 0.2) is 36.4 Å². The van der Waals surface area contributed by atoms with Gasteiger partial charge in [-0.1, -0.05) is 0 Å². The summed E-state index contributed by atoms with van der Waals surface area (Å²) in [6.45, 7) is 1.73. The van der Waals surface area contributed by atoms with E-state index in [4.69, 9.17) is 4.98 Å². The van der Waals surface area contributed by atoms with Gasteiger partial charge in [-0.3, -0.25) is 9.59 Å².